The zero-order valence-corrected chi connectivity index (χ0v) is 13.6. The van der Waals surface area contributed by atoms with Gasteiger partial charge in [-0.2, -0.15) is 0 Å². The molecule has 0 bridgehead atoms. The number of carbonyl (C=O) groups excluding carboxylic acids is 2. The maximum Gasteiger partial charge on any atom is 0.306 e. The van der Waals surface area contributed by atoms with E-state index in [1.807, 2.05) is 20.8 Å². The molecule has 0 aromatic rings. The second kappa shape index (κ2) is 11.5. The van der Waals surface area contributed by atoms with Crippen LogP contribution in [0.5, 0.6) is 0 Å². The van der Waals surface area contributed by atoms with Gasteiger partial charge in [-0.3, -0.25) is 9.59 Å². The fourth-order valence-corrected chi connectivity index (χ4v) is 1.46. The largest absolute Gasteiger partial charge is 0.463 e. The molecule has 0 saturated carbocycles. The first kappa shape index (κ1) is 19.9. The summed E-state index contributed by atoms with van der Waals surface area (Å²) in [5.74, 6) is -0.472. The zero-order valence-electron chi connectivity index (χ0n) is 13.6. The summed E-state index contributed by atoms with van der Waals surface area (Å²) in [5, 5.41) is 0. The Morgan fingerprint density at radius 2 is 1.48 bits per heavy atom. The van der Waals surface area contributed by atoms with Crippen LogP contribution in [0.4, 0.5) is 0 Å². The lowest BCUT2D eigenvalue weighted by Crippen LogP contribution is -2.23. The number of ether oxygens (including phenoxy) is 4. The van der Waals surface area contributed by atoms with Crippen LogP contribution in [0.1, 0.15) is 46.5 Å². The normalized spacial score (nSPS) is 11.2. The minimum absolute atomic E-state index is 0.226. The molecule has 0 amide bonds. The molecule has 0 aromatic heterocycles. The third-order valence-electron chi connectivity index (χ3n) is 2.31. The maximum absolute atomic E-state index is 11.4. The quantitative estimate of drug-likeness (QED) is 0.430. The predicted molar refractivity (Wildman–Crippen MR) is 78.0 cm³/mol. The molecule has 0 rings (SSSR count). The molecule has 0 fully saturated rings. The molecule has 0 N–H and O–H groups in total. The van der Waals surface area contributed by atoms with Crippen LogP contribution in [0.15, 0.2) is 0 Å². The second-order valence-corrected chi connectivity index (χ2v) is 5.62. The van der Waals surface area contributed by atoms with Gasteiger partial charge >= 0.3 is 11.9 Å². The minimum atomic E-state index is -0.449. The first-order chi connectivity index (χ1) is 9.85. The van der Waals surface area contributed by atoms with E-state index < -0.39 is 5.60 Å². The van der Waals surface area contributed by atoms with Gasteiger partial charge in [-0.1, -0.05) is 0 Å². The van der Waals surface area contributed by atoms with Crippen LogP contribution in [0.2, 0.25) is 0 Å². The van der Waals surface area contributed by atoms with Crippen molar-refractivity contribution in [1.29, 1.82) is 0 Å². The fraction of sp³-hybridized carbons (Fsp3) is 0.867. The molecule has 0 radical (unpaired) electrons. The predicted octanol–water partition coefficient (Wildman–Crippen LogP) is 2.09. The summed E-state index contributed by atoms with van der Waals surface area (Å²) in [6.07, 6.45) is 1.93. The van der Waals surface area contributed by atoms with Crippen LogP contribution in [-0.2, 0) is 28.5 Å². The van der Waals surface area contributed by atoms with Crippen molar-refractivity contribution in [2.75, 3.05) is 33.5 Å². The van der Waals surface area contributed by atoms with Crippen molar-refractivity contribution in [3.8, 4) is 0 Å². The van der Waals surface area contributed by atoms with E-state index in [-0.39, 0.29) is 18.5 Å². The van der Waals surface area contributed by atoms with Crippen molar-refractivity contribution in [3.63, 3.8) is 0 Å². The van der Waals surface area contributed by atoms with Crippen LogP contribution >= 0.6 is 0 Å². The third kappa shape index (κ3) is 15.1. The monoisotopic (exact) mass is 304 g/mol. The van der Waals surface area contributed by atoms with Gasteiger partial charge in [0.05, 0.1) is 6.61 Å². The van der Waals surface area contributed by atoms with Crippen molar-refractivity contribution in [1.82, 2.24) is 0 Å². The molecule has 6 nitrogen and oxygen atoms in total. The van der Waals surface area contributed by atoms with Crippen LogP contribution in [0, 0.1) is 0 Å². The van der Waals surface area contributed by atoms with E-state index in [4.69, 9.17) is 18.9 Å². The molecule has 0 unspecified atom stereocenters. The van der Waals surface area contributed by atoms with E-state index in [1.165, 1.54) is 0 Å². The van der Waals surface area contributed by atoms with Crippen molar-refractivity contribution in [2.45, 2.75) is 52.1 Å². The standard InChI is InChI=1S/C15H28O6/c1-15(2,3)21-14(17)8-6-10-19-11-12-20-13(16)7-5-9-18-4/h5-12H2,1-4H3. The van der Waals surface area contributed by atoms with Gasteiger partial charge in [-0.25, -0.2) is 0 Å². The van der Waals surface area contributed by atoms with Gasteiger partial charge in [0.15, 0.2) is 0 Å². The average Bonchev–Trinajstić information content (AvgIpc) is 2.35. The summed E-state index contributed by atoms with van der Waals surface area (Å²) in [6, 6.07) is 0. The van der Waals surface area contributed by atoms with Gasteiger partial charge in [-0.15, -0.1) is 0 Å². The molecule has 124 valence electrons. The highest BCUT2D eigenvalue weighted by atomic mass is 16.6. The van der Waals surface area contributed by atoms with Crippen molar-refractivity contribution in [3.05, 3.63) is 0 Å². The highest BCUT2D eigenvalue weighted by Crippen LogP contribution is 2.09. The molecule has 0 heterocycles. The Morgan fingerprint density at radius 1 is 0.857 bits per heavy atom. The number of hydrogen-bond acceptors (Lipinski definition) is 6. The smallest absolute Gasteiger partial charge is 0.306 e. The highest BCUT2D eigenvalue weighted by molar-refractivity contribution is 5.69. The summed E-state index contributed by atoms with van der Waals surface area (Å²) in [7, 11) is 1.59. The summed E-state index contributed by atoms with van der Waals surface area (Å²) in [4.78, 5) is 22.6. The molecular formula is C15H28O6. The Kier molecular flexibility index (Phi) is 10.9. The van der Waals surface area contributed by atoms with E-state index in [2.05, 4.69) is 0 Å². The average molecular weight is 304 g/mol. The van der Waals surface area contributed by atoms with Crippen LogP contribution in [-0.4, -0.2) is 51.1 Å². The van der Waals surface area contributed by atoms with E-state index in [9.17, 15) is 9.59 Å². The fourth-order valence-electron chi connectivity index (χ4n) is 1.46. The lowest BCUT2D eigenvalue weighted by atomic mass is 10.2. The summed E-state index contributed by atoms with van der Waals surface area (Å²) >= 11 is 0. The van der Waals surface area contributed by atoms with Gasteiger partial charge in [0, 0.05) is 33.2 Å². The second-order valence-electron chi connectivity index (χ2n) is 5.62. The molecule has 0 aromatic carbocycles. The zero-order chi connectivity index (χ0) is 16.1. The SMILES string of the molecule is COCCCC(=O)OCCOCCCC(=O)OC(C)(C)C. The van der Waals surface area contributed by atoms with Crippen molar-refractivity contribution in [2.24, 2.45) is 0 Å². The van der Waals surface area contributed by atoms with Gasteiger partial charge in [0.2, 0.25) is 0 Å². The molecule has 0 atom stereocenters. The van der Waals surface area contributed by atoms with Gasteiger partial charge in [-0.05, 0) is 33.6 Å². The van der Waals surface area contributed by atoms with E-state index in [0.717, 1.165) is 0 Å². The molecular weight excluding hydrogens is 276 g/mol. The van der Waals surface area contributed by atoms with E-state index >= 15 is 0 Å². The maximum atomic E-state index is 11.4. The van der Waals surface area contributed by atoms with Crippen LogP contribution in [0.3, 0.4) is 0 Å². The van der Waals surface area contributed by atoms with Gasteiger partial charge in [0.1, 0.15) is 12.2 Å². The van der Waals surface area contributed by atoms with Gasteiger partial charge < -0.3 is 18.9 Å². The van der Waals surface area contributed by atoms with Crippen LogP contribution in [0.25, 0.3) is 0 Å². The van der Waals surface area contributed by atoms with Crippen molar-refractivity contribution >= 4 is 11.9 Å². The summed E-state index contributed by atoms with van der Waals surface area (Å²) in [5.41, 5.74) is -0.449. The lowest BCUT2D eigenvalue weighted by molar-refractivity contribution is -0.155. The molecule has 0 spiro atoms. The Labute approximate surface area is 127 Å². The molecule has 0 aliphatic carbocycles. The number of hydrogen-bond donors (Lipinski definition) is 0. The number of rotatable bonds is 11. The molecule has 6 heteroatoms. The Balaban J connectivity index is 3.36. The van der Waals surface area contributed by atoms with Gasteiger partial charge in [0.25, 0.3) is 0 Å². The summed E-state index contributed by atoms with van der Waals surface area (Å²) in [6.45, 7) is 7.08. The van der Waals surface area contributed by atoms with E-state index in [1.54, 1.807) is 7.11 Å². The molecule has 0 aliphatic heterocycles. The first-order valence-electron chi connectivity index (χ1n) is 7.29. The topological polar surface area (TPSA) is 71.1 Å². The molecule has 0 aliphatic rings. The lowest BCUT2D eigenvalue weighted by Gasteiger charge is -2.19. The Morgan fingerprint density at radius 3 is 2.10 bits per heavy atom. The number of methoxy groups -OCH3 is 1. The minimum Gasteiger partial charge on any atom is -0.463 e. The van der Waals surface area contributed by atoms with E-state index in [0.29, 0.717) is 45.5 Å². The summed E-state index contributed by atoms with van der Waals surface area (Å²) < 4.78 is 20.3. The highest BCUT2D eigenvalue weighted by Gasteiger charge is 2.15. The Bertz CT molecular complexity index is 295. The molecule has 0 saturated heterocycles. The van der Waals surface area contributed by atoms with Crippen molar-refractivity contribution < 1.29 is 28.5 Å². The molecule has 21 heavy (non-hydrogen) atoms. The third-order valence-corrected chi connectivity index (χ3v) is 2.31. The number of esters is 2. The van der Waals surface area contributed by atoms with Crippen LogP contribution < -0.4 is 0 Å². The number of carbonyl (C=O) groups is 2. The first-order valence-corrected chi connectivity index (χ1v) is 7.29. The Hall–Kier alpha value is -1.14.